The molecule has 0 amide bonds. The molecule has 0 aliphatic carbocycles. The largest absolute Gasteiger partial charge is 0.461 e. The van der Waals surface area contributed by atoms with Crippen LogP contribution in [0.25, 0.3) is 32.9 Å². The molecule has 47 heavy (non-hydrogen) atoms. The van der Waals surface area contributed by atoms with E-state index in [1.54, 1.807) is 29.2 Å². The second-order valence-electron chi connectivity index (χ2n) is 12.6. The summed E-state index contributed by atoms with van der Waals surface area (Å²) in [5.74, 6) is 1.28. The number of alkyl halides is 2. The maximum absolute atomic E-state index is 16.9. The average molecular weight is 647 g/mol. The quantitative estimate of drug-likeness (QED) is 0.148. The summed E-state index contributed by atoms with van der Waals surface area (Å²) < 4.78 is 68.2. The van der Waals surface area contributed by atoms with Gasteiger partial charge in [0.2, 0.25) is 0 Å². The first-order chi connectivity index (χ1) is 22.9. The number of rotatable bonds is 4. The highest BCUT2D eigenvalue weighted by Crippen LogP contribution is 2.42. The number of aryl methyl sites for hydroxylation is 1. The SMILES string of the molecule is C#Cc1c(F)ccc2cccc(-c3nc4c5c(nc(OCC67CCCN6CCC7)nc5c3F)N3CC(F)NC(F)C3CCC4)c12.CC. The van der Waals surface area contributed by atoms with Crippen molar-refractivity contribution in [2.45, 2.75) is 83.0 Å². The third kappa shape index (κ3) is 5.26. The number of anilines is 1. The summed E-state index contributed by atoms with van der Waals surface area (Å²) in [6.45, 7) is 6.17. The molecule has 1 N–H and O–H groups in total. The Labute approximate surface area is 271 Å². The van der Waals surface area contributed by atoms with Gasteiger partial charge in [-0.25, -0.2) is 22.5 Å². The zero-order chi connectivity index (χ0) is 32.9. The zero-order valence-electron chi connectivity index (χ0n) is 26.6. The maximum atomic E-state index is 16.9. The van der Waals surface area contributed by atoms with E-state index < -0.39 is 30.3 Å². The molecule has 2 aromatic carbocycles. The van der Waals surface area contributed by atoms with Gasteiger partial charge in [-0.2, -0.15) is 9.97 Å². The van der Waals surface area contributed by atoms with E-state index >= 15 is 8.78 Å². The fraction of sp³-hybridized carbons (Fsp3) is 0.472. The van der Waals surface area contributed by atoms with Crippen LogP contribution in [0, 0.1) is 24.0 Å². The van der Waals surface area contributed by atoms with Gasteiger partial charge in [0.25, 0.3) is 0 Å². The van der Waals surface area contributed by atoms with E-state index in [-0.39, 0.29) is 40.7 Å². The van der Waals surface area contributed by atoms with Crippen molar-refractivity contribution in [3.05, 3.63) is 53.2 Å². The van der Waals surface area contributed by atoms with Gasteiger partial charge in [0.05, 0.1) is 34.8 Å². The number of aromatic nitrogens is 3. The molecule has 2 aromatic heterocycles. The van der Waals surface area contributed by atoms with Gasteiger partial charge in [-0.3, -0.25) is 10.2 Å². The zero-order valence-corrected chi connectivity index (χ0v) is 26.6. The lowest BCUT2D eigenvalue weighted by molar-refractivity contribution is 0.102. The van der Waals surface area contributed by atoms with Crippen LogP contribution in [-0.2, 0) is 6.42 Å². The molecule has 0 radical (unpaired) electrons. The van der Waals surface area contributed by atoms with Gasteiger partial charge in [-0.1, -0.05) is 44.0 Å². The lowest BCUT2D eigenvalue weighted by atomic mass is 9.94. The monoisotopic (exact) mass is 646 g/mol. The minimum atomic E-state index is -1.65. The van der Waals surface area contributed by atoms with E-state index in [2.05, 4.69) is 21.1 Å². The Kier molecular flexibility index (Phi) is 8.43. The van der Waals surface area contributed by atoms with E-state index in [0.717, 1.165) is 38.8 Å². The van der Waals surface area contributed by atoms with Crippen molar-refractivity contribution in [1.29, 1.82) is 0 Å². The first-order valence-electron chi connectivity index (χ1n) is 16.6. The van der Waals surface area contributed by atoms with Crippen molar-refractivity contribution >= 4 is 27.5 Å². The van der Waals surface area contributed by atoms with E-state index in [1.165, 1.54) is 6.07 Å². The minimum absolute atomic E-state index is 0.0167. The van der Waals surface area contributed by atoms with Crippen molar-refractivity contribution < 1.29 is 22.3 Å². The van der Waals surface area contributed by atoms with E-state index in [9.17, 15) is 8.78 Å². The van der Waals surface area contributed by atoms with Crippen molar-refractivity contribution in [3.63, 3.8) is 0 Å². The predicted octanol–water partition coefficient (Wildman–Crippen LogP) is 6.84. The molecule has 3 unspecified atom stereocenters. The van der Waals surface area contributed by atoms with Crippen LogP contribution in [0.4, 0.5) is 23.4 Å². The van der Waals surface area contributed by atoms with E-state index in [0.29, 0.717) is 53.3 Å². The van der Waals surface area contributed by atoms with Gasteiger partial charge in [0.15, 0.2) is 18.4 Å². The third-order valence-electron chi connectivity index (χ3n) is 10.1. The van der Waals surface area contributed by atoms with Crippen molar-refractivity contribution in [2.75, 3.05) is 31.1 Å². The number of hydrogen-bond donors (Lipinski definition) is 1. The number of piperazine rings is 1. The summed E-state index contributed by atoms with van der Waals surface area (Å²) in [7, 11) is 0. The molecule has 246 valence electrons. The Morgan fingerprint density at radius 3 is 2.57 bits per heavy atom. The Bertz CT molecular complexity index is 1870. The number of pyridine rings is 1. The van der Waals surface area contributed by atoms with Gasteiger partial charge in [0, 0.05) is 10.9 Å². The molecular weight excluding hydrogens is 608 g/mol. The van der Waals surface area contributed by atoms with Crippen LogP contribution in [0.5, 0.6) is 6.01 Å². The smallest absolute Gasteiger partial charge is 0.319 e. The van der Waals surface area contributed by atoms with Crippen LogP contribution in [0.15, 0.2) is 30.3 Å². The van der Waals surface area contributed by atoms with Crippen molar-refractivity contribution in [2.24, 2.45) is 0 Å². The standard InChI is InChI=1S/C34H32F4N6O.C2H6/c1-2-20-22(35)12-11-19-7-3-8-21(26(19)20)29-28(37)30-27-23(39-29)9-4-10-24-31(38)40-25(36)17-44(24)32(27)42-33(41-30)45-18-34-13-5-15-43(34)16-6-14-34;1-2/h1,3,7-8,11-12,24-25,31,40H,4-6,9-10,13-18H2;1-2H3. The molecule has 8 rings (SSSR count). The number of halogens is 4. The van der Waals surface area contributed by atoms with Crippen LogP contribution in [0.3, 0.4) is 0 Å². The highest BCUT2D eigenvalue weighted by molar-refractivity contribution is 6.02. The normalized spacial score (nSPS) is 23.3. The number of hydrogen-bond acceptors (Lipinski definition) is 7. The number of terminal acetylenes is 1. The van der Waals surface area contributed by atoms with E-state index in [1.807, 2.05) is 13.8 Å². The number of nitrogens with one attached hydrogen (secondary N) is 1. The summed E-state index contributed by atoms with van der Waals surface area (Å²) in [5, 5.41) is 3.69. The van der Waals surface area contributed by atoms with Gasteiger partial charge >= 0.3 is 6.01 Å². The summed E-state index contributed by atoms with van der Waals surface area (Å²) in [6, 6.07) is 7.31. The molecule has 0 spiro atoms. The first-order valence-corrected chi connectivity index (χ1v) is 16.6. The van der Waals surface area contributed by atoms with Gasteiger partial charge in [-0.05, 0) is 69.5 Å². The third-order valence-corrected chi connectivity index (χ3v) is 10.1. The van der Waals surface area contributed by atoms with Crippen LogP contribution >= 0.6 is 0 Å². The Morgan fingerprint density at radius 1 is 1.02 bits per heavy atom. The molecule has 6 heterocycles. The topological polar surface area (TPSA) is 66.4 Å². The molecule has 3 atom stereocenters. The molecule has 0 bridgehead atoms. The molecule has 4 aliphatic rings. The number of benzene rings is 2. The number of nitrogens with zero attached hydrogens (tertiary/aromatic N) is 5. The maximum Gasteiger partial charge on any atom is 0.319 e. The highest BCUT2D eigenvalue weighted by Gasteiger charge is 2.45. The fourth-order valence-electron chi connectivity index (χ4n) is 8.02. The van der Waals surface area contributed by atoms with Gasteiger partial charge < -0.3 is 9.64 Å². The lowest BCUT2D eigenvalue weighted by Crippen LogP contribution is -2.60. The highest BCUT2D eigenvalue weighted by atomic mass is 19.2. The number of fused-ring (bicyclic) bond motifs is 4. The second-order valence-corrected chi connectivity index (χ2v) is 12.6. The molecular formula is C36H38F4N6O. The summed E-state index contributed by atoms with van der Waals surface area (Å²) in [6.07, 6.45) is 7.86. The van der Waals surface area contributed by atoms with Crippen molar-refractivity contribution in [1.82, 2.24) is 25.2 Å². The fourth-order valence-corrected chi connectivity index (χ4v) is 8.02. The Hall–Kier alpha value is -4.01. The molecule has 4 aromatic rings. The van der Waals surface area contributed by atoms with E-state index in [4.69, 9.17) is 21.1 Å². The lowest BCUT2D eigenvalue weighted by Gasteiger charge is -2.42. The molecule has 0 saturated carbocycles. The molecule has 3 saturated heterocycles. The summed E-state index contributed by atoms with van der Waals surface area (Å²) in [5.41, 5.74) is 0.644. The number of ether oxygens (including phenoxy) is 1. The second kappa shape index (κ2) is 12.5. The molecule has 3 fully saturated rings. The van der Waals surface area contributed by atoms with Crippen LogP contribution in [0.1, 0.15) is 63.6 Å². The minimum Gasteiger partial charge on any atom is -0.461 e. The van der Waals surface area contributed by atoms with Crippen LogP contribution in [0.2, 0.25) is 0 Å². The molecule has 11 heteroatoms. The van der Waals surface area contributed by atoms with Crippen LogP contribution < -0.4 is 15.0 Å². The van der Waals surface area contributed by atoms with Gasteiger partial charge in [0.1, 0.15) is 29.5 Å². The Balaban J connectivity index is 0.00000172. The summed E-state index contributed by atoms with van der Waals surface area (Å²) in [4.78, 5) is 18.1. The van der Waals surface area contributed by atoms with Gasteiger partial charge in [-0.15, -0.1) is 6.42 Å². The Morgan fingerprint density at radius 2 is 1.81 bits per heavy atom. The van der Waals surface area contributed by atoms with Crippen LogP contribution in [-0.4, -0.2) is 70.3 Å². The molecule has 4 aliphatic heterocycles. The summed E-state index contributed by atoms with van der Waals surface area (Å²) >= 11 is 0. The van der Waals surface area contributed by atoms with Crippen molar-refractivity contribution in [3.8, 4) is 29.6 Å². The average Bonchev–Trinajstić information content (AvgIpc) is 3.66. The molecule has 7 nitrogen and oxygen atoms in total. The predicted molar refractivity (Wildman–Crippen MR) is 175 cm³/mol. The first kappa shape index (κ1) is 31.6.